The summed E-state index contributed by atoms with van der Waals surface area (Å²) in [4.78, 5) is 0. The summed E-state index contributed by atoms with van der Waals surface area (Å²) in [5, 5.41) is 9.72. The standard InChI is InChI=1S/C28H26O3/c29-16-20-4-3-5-24-23(20)12-13-25-22-10-8-18(14-19(22)9-11-26(24)25)15-21-17-30-27-6-1-2-7-28(27)31-21/h1-7,9,11,14,21,29H,8,10,12-13,15-17H2. The third kappa shape index (κ3) is 3.24. The number of aliphatic hydroxyl groups excluding tert-OH is 1. The molecule has 0 bridgehead atoms. The van der Waals surface area contributed by atoms with Crippen LogP contribution in [0.5, 0.6) is 11.5 Å². The Balaban J connectivity index is 1.28. The van der Waals surface area contributed by atoms with Crippen molar-refractivity contribution in [1.82, 2.24) is 0 Å². The molecular formula is C28H26O3. The van der Waals surface area contributed by atoms with Crippen molar-refractivity contribution >= 4 is 6.08 Å². The van der Waals surface area contributed by atoms with Crippen molar-refractivity contribution in [3.63, 3.8) is 0 Å². The molecule has 31 heavy (non-hydrogen) atoms. The Morgan fingerprint density at radius 2 is 1.58 bits per heavy atom. The van der Waals surface area contributed by atoms with Crippen LogP contribution < -0.4 is 9.47 Å². The van der Waals surface area contributed by atoms with Crippen molar-refractivity contribution in [1.29, 1.82) is 0 Å². The van der Waals surface area contributed by atoms with E-state index in [1.807, 2.05) is 30.3 Å². The fraction of sp³-hybridized carbons (Fsp3) is 0.286. The second kappa shape index (κ2) is 7.58. The molecule has 0 saturated carbocycles. The summed E-state index contributed by atoms with van der Waals surface area (Å²) < 4.78 is 12.1. The molecule has 2 aliphatic carbocycles. The highest BCUT2D eigenvalue weighted by atomic mass is 16.6. The van der Waals surface area contributed by atoms with Gasteiger partial charge in [-0.05, 0) is 76.8 Å². The van der Waals surface area contributed by atoms with Gasteiger partial charge in [0.2, 0.25) is 0 Å². The molecule has 3 aromatic rings. The van der Waals surface area contributed by atoms with Gasteiger partial charge in [0.05, 0.1) is 6.61 Å². The summed E-state index contributed by atoms with van der Waals surface area (Å²) in [5.74, 6) is 1.70. The molecular weight excluding hydrogens is 384 g/mol. The van der Waals surface area contributed by atoms with Crippen molar-refractivity contribution in [2.75, 3.05) is 6.61 Å². The monoisotopic (exact) mass is 410 g/mol. The van der Waals surface area contributed by atoms with E-state index in [0.717, 1.165) is 49.2 Å². The SMILES string of the molecule is OCc1cccc2c1CCc1c-2ccc2c1CCC(CC1COc3ccccc3O1)=C2. The summed E-state index contributed by atoms with van der Waals surface area (Å²) in [7, 11) is 0. The fourth-order valence-corrected chi connectivity index (χ4v) is 5.45. The normalized spacial score (nSPS) is 18.5. The zero-order valence-corrected chi connectivity index (χ0v) is 17.6. The van der Waals surface area contributed by atoms with E-state index < -0.39 is 0 Å². The molecule has 1 atom stereocenters. The molecule has 156 valence electrons. The molecule has 1 unspecified atom stereocenters. The molecule has 3 heteroatoms. The molecule has 0 aromatic heterocycles. The van der Waals surface area contributed by atoms with Crippen LogP contribution in [0.25, 0.3) is 17.2 Å². The molecule has 0 saturated heterocycles. The number of ether oxygens (including phenoxy) is 2. The van der Waals surface area contributed by atoms with Crippen molar-refractivity contribution in [2.24, 2.45) is 0 Å². The summed E-state index contributed by atoms with van der Waals surface area (Å²) in [6, 6.07) is 18.8. The number of hydrogen-bond donors (Lipinski definition) is 1. The first kappa shape index (κ1) is 18.7. The zero-order valence-electron chi connectivity index (χ0n) is 17.6. The van der Waals surface area contributed by atoms with E-state index in [1.165, 1.54) is 39.0 Å². The largest absolute Gasteiger partial charge is 0.486 e. The summed E-state index contributed by atoms with van der Waals surface area (Å²) in [6.07, 6.45) is 7.60. The van der Waals surface area contributed by atoms with E-state index in [1.54, 1.807) is 0 Å². The first-order valence-electron chi connectivity index (χ1n) is 11.2. The van der Waals surface area contributed by atoms with Gasteiger partial charge in [0, 0.05) is 6.42 Å². The van der Waals surface area contributed by atoms with Gasteiger partial charge in [-0.2, -0.15) is 0 Å². The molecule has 6 rings (SSSR count). The van der Waals surface area contributed by atoms with Gasteiger partial charge >= 0.3 is 0 Å². The van der Waals surface area contributed by atoms with Crippen LogP contribution in [0.15, 0.2) is 60.2 Å². The van der Waals surface area contributed by atoms with Gasteiger partial charge in [-0.3, -0.25) is 0 Å². The van der Waals surface area contributed by atoms with Gasteiger partial charge in [0.15, 0.2) is 11.5 Å². The van der Waals surface area contributed by atoms with E-state index >= 15 is 0 Å². The molecule has 1 N–H and O–H groups in total. The van der Waals surface area contributed by atoms with Gasteiger partial charge in [-0.25, -0.2) is 0 Å². The maximum atomic E-state index is 9.72. The van der Waals surface area contributed by atoms with Crippen LogP contribution in [-0.4, -0.2) is 17.8 Å². The summed E-state index contributed by atoms with van der Waals surface area (Å²) >= 11 is 0. The quantitative estimate of drug-likeness (QED) is 0.619. The number of hydrogen-bond acceptors (Lipinski definition) is 3. The molecule has 0 spiro atoms. The van der Waals surface area contributed by atoms with Crippen LogP contribution in [0, 0.1) is 0 Å². The molecule has 0 fully saturated rings. The smallest absolute Gasteiger partial charge is 0.161 e. The Bertz CT molecular complexity index is 1190. The minimum Gasteiger partial charge on any atom is -0.486 e. The first-order valence-corrected chi connectivity index (χ1v) is 11.2. The topological polar surface area (TPSA) is 38.7 Å². The maximum absolute atomic E-state index is 9.72. The highest BCUT2D eigenvalue weighted by Gasteiger charge is 2.26. The van der Waals surface area contributed by atoms with E-state index in [0.29, 0.717) is 6.61 Å². The maximum Gasteiger partial charge on any atom is 0.161 e. The van der Waals surface area contributed by atoms with Crippen LogP contribution >= 0.6 is 0 Å². The van der Waals surface area contributed by atoms with E-state index in [-0.39, 0.29) is 12.7 Å². The minimum absolute atomic E-state index is 0.0732. The van der Waals surface area contributed by atoms with E-state index in [4.69, 9.17) is 9.47 Å². The van der Waals surface area contributed by atoms with Gasteiger partial charge < -0.3 is 14.6 Å². The Hall–Kier alpha value is -3.04. The van der Waals surface area contributed by atoms with Crippen molar-refractivity contribution in [2.45, 2.75) is 44.8 Å². The van der Waals surface area contributed by atoms with Crippen molar-refractivity contribution in [3.05, 3.63) is 88.0 Å². The minimum atomic E-state index is 0.0732. The Morgan fingerprint density at radius 1 is 0.774 bits per heavy atom. The van der Waals surface area contributed by atoms with Crippen LogP contribution in [-0.2, 0) is 25.9 Å². The lowest BCUT2D eigenvalue weighted by atomic mass is 9.77. The summed E-state index contributed by atoms with van der Waals surface area (Å²) in [6.45, 7) is 0.725. The van der Waals surface area contributed by atoms with Gasteiger partial charge in [0.25, 0.3) is 0 Å². The second-order valence-corrected chi connectivity index (χ2v) is 8.77. The number of aliphatic hydroxyl groups is 1. The molecule has 1 aliphatic heterocycles. The number of rotatable bonds is 3. The number of benzene rings is 3. The second-order valence-electron chi connectivity index (χ2n) is 8.77. The predicted octanol–water partition coefficient (Wildman–Crippen LogP) is 5.50. The van der Waals surface area contributed by atoms with Crippen molar-refractivity contribution < 1.29 is 14.6 Å². The Labute approximate surface area is 183 Å². The van der Waals surface area contributed by atoms with E-state index in [2.05, 4.69) is 30.3 Å². The molecule has 0 amide bonds. The van der Waals surface area contributed by atoms with Gasteiger partial charge in [0.1, 0.15) is 12.7 Å². The highest BCUT2D eigenvalue weighted by Crippen LogP contribution is 2.41. The lowest BCUT2D eigenvalue weighted by Crippen LogP contribution is -2.29. The lowest BCUT2D eigenvalue weighted by molar-refractivity contribution is 0.0908. The van der Waals surface area contributed by atoms with Crippen LogP contribution in [0.3, 0.4) is 0 Å². The van der Waals surface area contributed by atoms with Crippen molar-refractivity contribution in [3.8, 4) is 22.6 Å². The molecule has 3 aromatic carbocycles. The zero-order chi connectivity index (χ0) is 20.8. The van der Waals surface area contributed by atoms with E-state index in [9.17, 15) is 5.11 Å². The molecule has 3 aliphatic rings. The average Bonchev–Trinajstić information content (AvgIpc) is 2.83. The number of fused-ring (bicyclic) bond motifs is 6. The van der Waals surface area contributed by atoms with Crippen LogP contribution in [0.4, 0.5) is 0 Å². The van der Waals surface area contributed by atoms with Gasteiger partial charge in [-0.15, -0.1) is 0 Å². The third-order valence-corrected chi connectivity index (χ3v) is 6.94. The first-order chi connectivity index (χ1) is 15.3. The Kier molecular flexibility index (Phi) is 4.57. The van der Waals surface area contributed by atoms with Gasteiger partial charge in [-0.1, -0.05) is 54.1 Å². The lowest BCUT2D eigenvalue weighted by Gasteiger charge is -2.30. The number of para-hydroxylation sites is 2. The fourth-order valence-electron chi connectivity index (χ4n) is 5.45. The molecule has 1 heterocycles. The van der Waals surface area contributed by atoms with Crippen LogP contribution in [0.1, 0.15) is 40.7 Å². The third-order valence-electron chi connectivity index (χ3n) is 6.94. The molecule has 3 nitrogen and oxygen atoms in total. The molecule has 0 radical (unpaired) electrons. The van der Waals surface area contributed by atoms with Crippen LogP contribution in [0.2, 0.25) is 0 Å². The Morgan fingerprint density at radius 3 is 2.48 bits per heavy atom. The summed E-state index contributed by atoms with van der Waals surface area (Å²) in [5.41, 5.74) is 10.9. The average molecular weight is 411 g/mol. The highest BCUT2D eigenvalue weighted by molar-refractivity contribution is 5.78. The predicted molar refractivity (Wildman–Crippen MR) is 122 cm³/mol.